The average Bonchev–Trinajstić information content (AvgIpc) is 2.77. The maximum Gasteiger partial charge on any atom is 0.339 e. The van der Waals surface area contributed by atoms with E-state index in [9.17, 15) is 20.0 Å². The summed E-state index contributed by atoms with van der Waals surface area (Å²) in [7, 11) is 1.34. The second-order valence-corrected chi connectivity index (χ2v) is 6.35. The maximum atomic E-state index is 11.8. The molecule has 3 rings (SSSR count). The monoisotopic (exact) mass is 415 g/mol. The zero-order valence-electron chi connectivity index (χ0n) is 16.7. The fourth-order valence-electron chi connectivity index (χ4n) is 3.01. The lowest BCUT2D eigenvalue weighted by Gasteiger charge is -2.13. The third kappa shape index (κ3) is 4.57. The predicted molar refractivity (Wildman–Crippen MR) is 113 cm³/mol. The van der Waals surface area contributed by atoms with Crippen LogP contribution in [-0.2, 0) is 19.2 Å². The first-order valence-electron chi connectivity index (χ1n) is 9.07. The third-order valence-electron chi connectivity index (χ3n) is 4.33. The molecular formula is C23H17N3O5. The van der Waals surface area contributed by atoms with Crippen molar-refractivity contribution in [3.63, 3.8) is 0 Å². The van der Waals surface area contributed by atoms with Crippen LogP contribution in [-0.4, -0.2) is 34.9 Å². The Kier molecular flexibility index (Phi) is 6.38. The highest BCUT2D eigenvalue weighted by atomic mass is 16.7. The molecule has 0 atom stereocenters. The van der Waals surface area contributed by atoms with Crippen molar-refractivity contribution >= 4 is 34.0 Å². The molecular weight excluding hydrogens is 398 g/mol. The molecule has 0 amide bonds. The van der Waals surface area contributed by atoms with Gasteiger partial charge in [0.15, 0.2) is 0 Å². The molecule has 0 aliphatic rings. The Labute approximate surface area is 177 Å². The van der Waals surface area contributed by atoms with E-state index in [4.69, 9.17) is 9.57 Å². The fraction of sp³-hybridized carbons (Fsp3) is 0.0870. The Bertz CT molecular complexity index is 1270. The van der Waals surface area contributed by atoms with E-state index in [0.29, 0.717) is 27.8 Å². The van der Waals surface area contributed by atoms with Crippen molar-refractivity contribution in [2.24, 2.45) is 5.16 Å². The molecule has 0 spiro atoms. The number of carboxylic acids is 1. The van der Waals surface area contributed by atoms with Gasteiger partial charge in [-0.3, -0.25) is 4.98 Å². The van der Waals surface area contributed by atoms with Gasteiger partial charge in [0, 0.05) is 35.0 Å². The van der Waals surface area contributed by atoms with Crippen LogP contribution >= 0.6 is 0 Å². The van der Waals surface area contributed by atoms with Gasteiger partial charge in [-0.1, -0.05) is 41.6 Å². The number of nitrogens with zero attached hydrogens (tertiary/aromatic N) is 3. The molecule has 2 aromatic carbocycles. The molecule has 3 aromatic rings. The molecule has 0 fully saturated rings. The molecule has 154 valence electrons. The molecule has 1 heterocycles. The van der Waals surface area contributed by atoms with Crippen molar-refractivity contribution in [1.29, 1.82) is 5.26 Å². The quantitative estimate of drug-likeness (QED) is 0.215. The number of aromatic nitrogens is 1. The smallest absolute Gasteiger partial charge is 0.339 e. The minimum absolute atomic E-state index is 0.118. The summed E-state index contributed by atoms with van der Waals surface area (Å²) in [6.45, 7) is 1.20. The number of aliphatic carboxylic acids is 1. The van der Waals surface area contributed by atoms with Gasteiger partial charge in [-0.2, -0.15) is 5.26 Å². The first-order chi connectivity index (χ1) is 15.0. The number of carbonyl (C=O) groups excluding carboxylic acids is 1. The molecule has 0 saturated heterocycles. The first kappa shape index (κ1) is 21.2. The van der Waals surface area contributed by atoms with Crippen molar-refractivity contribution in [3.8, 4) is 6.07 Å². The number of pyridine rings is 1. The Morgan fingerprint density at radius 1 is 1.16 bits per heavy atom. The van der Waals surface area contributed by atoms with E-state index in [1.165, 1.54) is 14.0 Å². The number of hydrogen-bond acceptors (Lipinski definition) is 7. The minimum atomic E-state index is -1.21. The molecule has 0 unspecified atom stereocenters. The zero-order valence-corrected chi connectivity index (χ0v) is 16.7. The lowest BCUT2D eigenvalue weighted by molar-refractivity contribution is -0.141. The highest BCUT2D eigenvalue weighted by Crippen LogP contribution is 2.25. The summed E-state index contributed by atoms with van der Waals surface area (Å²) in [6.07, 6.45) is 2.67. The van der Waals surface area contributed by atoms with Crippen LogP contribution in [0.15, 0.2) is 66.1 Å². The molecule has 31 heavy (non-hydrogen) atoms. The Morgan fingerprint density at radius 2 is 1.90 bits per heavy atom. The van der Waals surface area contributed by atoms with Gasteiger partial charge in [0.05, 0.1) is 30.7 Å². The Hall–Kier alpha value is -4.51. The Morgan fingerprint density at radius 3 is 2.55 bits per heavy atom. The highest BCUT2D eigenvalue weighted by Gasteiger charge is 2.21. The third-order valence-corrected chi connectivity index (χ3v) is 4.33. The predicted octanol–water partition coefficient (Wildman–Crippen LogP) is 3.49. The van der Waals surface area contributed by atoms with E-state index in [2.05, 4.69) is 16.2 Å². The topological polar surface area (TPSA) is 122 Å². The lowest BCUT2D eigenvalue weighted by Crippen LogP contribution is -2.13. The molecule has 0 aliphatic heterocycles. The van der Waals surface area contributed by atoms with Crippen LogP contribution in [0.1, 0.15) is 29.3 Å². The van der Waals surface area contributed by atoms with Crippen LogP contribution in [0, 0.1) is 11.3 Å². The molecule has 0 bridgehead atoms. The molecule has 8 nitrogen and oxygen atoms in total. The molecule has 1 aromatic heterocycles. The number of methoxy groups -OCH3 is 1. The molecule has 1 N–H and O–H groups in total. The van der Waals surface area contributed by atoms with Gasteiger partial charge in [0.1, 0.15) is 11.3 Å². The van der Waals surface area contributed by atoms with Crippen molar-refractivity contribution < 1.29 is 24.3 Å². The zero-order chi connectivity index (χ0) is 22.4. The van der Waals surface area contributed by atoms with E-state index in [1.807, 2.05) is 6.07 Å². The van der Waals surface area contributed by atoms with Gasteiger partial charge < -0.3 is 14.7 Å². The van der Waals surface area contributed by atoms with Crippen LogP contribution in [0.25, 0.3) is 16.3 Å². The summed E-state index contributed by atoms with van der Waals surface area (Å²) in [5.74, 6) is -1.86. The van der Waals surface area contributed by atoms with Gasteiger partial charge in [-0.15, -0.1) is 0 Å². The molecule has 0 aliphatic carbocycles. The van der Waals surface area contributed by atoms with Gasteiger partial charge in [-0.25, -0.2) is 9.59 Å². The second-order valence-electron chi connectivity index (χ2n) is 6.35. The van der Waals surface area contributed by atoms with E-state index in [0.717, 1.165) is 11.6 Å². The lowest BCUT2D eigenvalue weighted by atomic mass is 9.94. The molecule has 0 saturated carbocycles. The van der Waals surface area contributed by atoms with Crippen LogP contribution in [0.3, 0.4) is 0 Å². The van der Waals surface area contributed by atoms with E-state index < -0.39 is 11.9 Å². The summed E-state index contributed by atoms with van der Waals surface area (Å²) >= 11 is 0. The van der Waals surface area contributed by atoms with E-state index in [1.54, 1.807) is 48.7 Å². The summed E-state index contributed by atoms with van der Waals surface area (Å²) < 4.78 is 4.93. The van der Waals surface area contributed by atoms with Gasteiger partial charge in [0.25, 0.3) is 0 Å². The standard InChI is InChI=1S/C23H17N3O5/c1-14(27)31-26-22(18-9-4-3-8-17(18)20(13-30-2)23(28)29)21-10-19-15(11-24)6-5-7-16(19)12-25-21/h3-10,12-13H,1-2H3,(H,28,29). The van der Waals surface area contributed by atoms with E-state index >= 15 is 0 Å². The number of fused-ring (bicyclic) bond motifs is 1. The number of carboxylic acid groups (broad SMARTS) is 1. The van der Waals surface area contributed by atoms with E-state index in [-0.39, 0.29) is 11.3 Å². The van der Waals surface area contributed by atoms with Crippen molar-refractivity contribution in [2.75, 3.05) is 7.11 Å². The number of oxime groups is 1. The highest BCUT2D eigenvalue weighted by molar-refractivity contribution is 6.22. The number of benzene rings is 2. The maximum absolute atomic E-state index is 11.8. The van der Waals surface area contributed by atoms with Gasteiger partial charge in [0.2, 0.25) is 0 Å². The van der Waals surface area contributed by atoms with Gasteiger partial charge in [-0.05, 0) is 12.1 Å². The largest absolute Gasteiger partial charge is 0.503 e. The van der Waals surface area contributed by atoms with Crippen LogP contribution < -0.4 is 0 Å². The number of hydrogen-bond donors (Lipinski definition) is 1. The molecule has 8 heteroatoms. The first-order valence-corrected chi connectivity index (χ1v) is 9.07. The average molecular weight is 415 g/mol. The number of ether oxygens (including phenoxy) is 1. The SMILES string of the molecule is COC=C(C(=O)O)c1ccccc1C(=NOC(C)=O)c1cc2c(C#N)cccc2cn1. The summed E-state index contributed by atoms with van der Waals surface area (Å²) in [5.41, 5.74) is 1.39. The van der Waals surface area contributed by atoms with Crippen molar-refractivity contribution in [2.45, 2.75) is 6.92 Å². The number of carbonyl (C=O) groups is 2. The summed E-state index contributed by atoms with van der Waals surface area (Å²) in [4.78, 5) is 32.5. The fourth-order valence-corrected chi connectivity index (χ4v) is 3.01. The van der Waals surface area contributed by atoms with Gasteiger partial charge >= 0.3 is 11.9 Å². The van der Waals surface area contributed by atoms with Crippen LogP contribution in [0.4, 0.5) is 0 Å². The summed E-state index contributed by atoms with van der Waals surface area (Å²) in [5, 5.41) is 24.4. The minimum Gasteiger partial charge on any atom is -0.503 e. The normalized spacial score (nSPS) is 11.6. The second kappa shape index (κ2) is 9.33. The van der Waals surface area contributed by atoms with Crippen molar-refractivity contribution in [3.05, 3.63) is 83.4 Å². The molecule has 0 radical (unpaired) electrons. The Balaban J connectivity index is 2.29. The number of rotatable bonds is 6. The number of nitriles is 1. The van der Waals surface area contributed by atoms with Crippen LogP contribution in [0.2, 0.25) is 0 Å². The van der Waals surface area contributed by atoms with Crippen molar-refractivity contribution in [1.82, 2.24) is 4.98 Å². The summed E-state index contributed by atoms with van der Waals surface area (Å²) in [6, 6.07) is 15.6. The van der Waals surface area contributed by atoms with Crippen LogP contribution in [0.5, 0.6) is 0 Å².